The highest BCUT2D eigenvalue weighted by Gasteiger charge is 2.32. The first-order valence-electron chi connectivity index (χ1n) is 12.9. The summed E-state index contributed by atoms with van der Waals surface area (Å²) in [6.07, 6.45) is 7.76. The first-order chi connectivity index (χ1) is 17.9. The molecule has 1 aromatic heterocycles. The fraction of sp³-hybridized carbons (Fsp3) is 0.536. The van der Waals surface area contributed by atoms with E-state index in [1.165, 1.54) is 27.8 Å². The number of hydrogen-bond acceptors (Lipinski definition) is 8. The van der Waals surface area contributed by atoms with Gasteiger partial charge in [0.1, 0.15) is 28.9 Å². The molecule has 3 rings (SSSR count). The molecule has 0 unspecified atom stereocenters. The number of aryl methyl sites for hydroxylation is 1. The molecule has 0 aliphatic heterocycles. The van der Waals surface area contributed by atoms with E-state index in [1.807, 2.05) is 6.92 Å². The van der Waals surface area contributed by atoms with Crippen LogP contribution in [0.5, 0.6) is 23.1 Å². The molecule has 9 nitrogen and oxygen atoms in total. The van der Waals surface area contributed by atoms with Crippen LogP contribution in [0, 0.1) is 5.92 Å². The number of pyridine rings is 1. The van der Waals surface area contributed by atoms with Crippen LogP contribution in [0.3, 0.4) is 0 Å². The van der Waals surface area contributed by atoms with Crippen LogP contribution >= 0.6 is 0 Å². The Balaban J connectivity index is 2.08. The van der Waals surface area contributed by atoms with Crippen molar-refractivity contribution in [3.05, 3.63) is 29.5 Å². The van der Waals surface area contributed by atoms with E-state index >= 15 is 0 Å². The molecule has 1 fully saturated rings. The molecular formula is C28H38N2O7. The van der Waals surface area contributed by atoms with Crippen molar-refractivity contribution in [1.82, 2.24) is 10.3 Å². The Bertz CT molecular complexity index is 1070. The Morgan fingerprint density at radius 3 is 2.27 bits per heavy atom. The van der Waals surface area contributed by atoms with Gasteiger partial charge in [-0.15, -0.1) is 0 Å². The average Bonchev–Trinajstić information content (AvgIpc) is 2.91. The number of methoxy groups -OCH3 is 3. The summed E-state index contributed by atoms with van der Waals surface area (Å²) in [6.45, 7) is 2.02. The van der Waals surface area contributed by atoms with Gasteiger partial charge in [-0.1, -0.05) is 51.5 Å². The van der Waals surface area contributed by atoms with Gasteiger partial charge in [-0.3, -0.25) is 4.79 Å². The third kappa shape index (κ3) is 6.45. The number of aromatic hydroxyl groups is 2. The summed E-state index contributed by atoms with van der Waals surface area (Å²) in [5.41, 5.74) is 0.653. The third-order valence-corrected chi connectivity index (χ3v) is 6.98. The normalized spacial score (nSPS) is 14.6. The predicted molar refractivity (Wildman–Crippen MR) is 139 cm³/mol. The zero-order chi connectivity index (χ0) is 26.9. The lowest BCUT2D eigenvalue weighted by Gasteiger charge is -2.26. The number of benzene rings is 1. The van der Waals surface area contributed by atoms with Gasteiger partial charge in [0.2, 0.25) is 5.88 Å². The maximum atomic E-state index is 13.4. The Hall–Kier alpha value is -3.49. The number of nitrogens with one attached hydrogen (secondary N) is 1. The minimum absolute atomic E-state index is 0.243. The molecular weight excluding hydrogens is 476 g/mol. The van der Waals surface area contributed by atoms with Crippen LogP contribution in [-0.2, 0) is 16.0 Å². The molecule has 1 aliphatic carbocycles. The van der Waals surface area contributed by atoms with E-state index in [0.717, 1.165) is 38.5 Å². The van der Waals surface area contributed by atoms with E-state index in [9.17, 15) is 19.8 Å². The molecule has 1 amide bonds. The van der Waals surface area contributed by atoms with Gasteiger partial charge in [0, 0.05) is 0 Å². The average molecular weight is 515 g/mol. The highest BCUT2D eigenvalue weighted by molar-refractivity contribution is 6.03. The number of amides is 1. The number of aromatic nitrogens is 1. The Morgan fingerprint density at radius 1 is 1.05 bits per heavy atom. The first kappa shape index (κ1) is 28.1. The van der Waals surface area contributed by atoms with Gasteiger partial charge in [-0.2, -0.15) is 0 Å². The second-order valence-corrected chi connectivity index (χ2v) is 9.41. The number of nitrogens with zero attached hydrogens (tertiary/aromatic N) is 1. The maximum absolute atomic E-state index is 13.4. The van der Waals surface area contributed by atoms with Crippen molar-refractivity contribution in [3.63, 3.8) is 0 Å². The molecule has 1 heterocycles. The summed E-state index contributed by atoms with van der Waals surface area (Å²) in [4.78, 5) is 30.3. The van der Waals surface area contributed by atoms with E-state index in [1.54, 1.807) is 18.2 Å². The van der Waals surface area contributed by atoms with Crippen LogP contribution in [0.25, 0.3) is 11.1 Å². The standard InChI is InChI=1S/C28H38N2O7/c1-5-6-13-18-22(23-20(35-2)14-10-15-21(23)36-3)25(31)24(26(32)29-18)27(33)30-19(28(34)37-4)16-17-11-8-7-9-12-17/h10,14-15,17,19H,5-9,11-13,16H2,1-4H3,(H,30,33)(H2,29,31,32)/t19-/m0/s1. The lowest BCUT2D eigenvalue weighted by Crippen LogP contribution is -2.43. The van der Waals surface area contributed by atoms with Crippen LogP contribution in [0.15, 0.2) is 18.2 Å². The highest BCUT2D eigenvalue weighted by Crippen LogP contribution is 2.47. The molecule has 0 radical (unpaired) electrons. The third-order valence-electron chi connectivity index (χ3n) is 6.98. The van der Waals surface area contributed by atoms with E-state index < -0.39 is 35.1 Å². The number of carbonyl (C=O) groups is 2. The number of rotatable bonds is 11. The highest BCUT2D eigenvalue weighted by atomic mass is 16.5. The fourth-order valence-corrected chi connectivity index (χ4v) is 5.04. The number of ether oxygens (including phenoxy) is 3. The van der Waals surface area contributed by atoms with E-state index in [0.29, 0.717) is 35.6 Å². The van der Waals surface area contributed by atoms with E-state index in [4.69, 9.17) is 14.2 Å². The number of hydrogen-bond donors (Lipinski definition) is 3. The van der Waals surface area contributed by atoms with Crippen molar-refractivity contribution < 1.29 is 34.0 Å². The van der Waals surface area contributed by atoms with Crippen molar-refractivity contribution in [3.8, 4) is 34.3 Å². The van der Waals surface area contributed by atoms with Crippen LogP contribution in [0.4, 0.5) is 0 Å². The minimum Gasteiger partial charge on any atom is -0.506 e. The summed E-state index contributed by atoms with van der Waals surface area (Å²) < 4.78 is 16.0. The summed E-state index contributed by atoms with van der Waals surface area (Å²) in [6, 6.07) is 4.26. The molecule has 0 saturated heterocycles. The van der Waals surface area contributed by atoms with Gasteiger partial charge in [0.15, 0.2) is 0 Å². The summed E-state index contributed by atoms with van der Waals surface area (Å²) in [7, 11) is 4.26. The number of esters is 1. The van der Waals surface area contributed by atoms with Crippen molar-refractivity contribution in [2.24, 2.45) is 5.92 Å². The molecule has 0 bridgehead atoms. The molecule has 3 N–H and O–H groups in total. The van der Waals surface area contributed by atoms with Gasteiger partial charge >= 0.3 is 5.97 Å². The van der Waals surface area contributed by atoms with Crippen molar-refractivity contribution in [2.45, 2.75) is 70.8 Å². The molecule has 1 saturated carbocycles. The van der Waals surface area contributed by atoms with E-state index in [2.05, 4.69) is 10.3 Å². The first-order valence-corrected chi connectivity index (χ1v) is 12.9. The van der Waals surface area contributed by atoms with Crippen LogP contribution < -0.4 is 14.8 Å². The van der Waals surface area contributed by atoms with Gasteiger partial charge in [0.05, 0.1) is 38.2 Å². The van der Waals surface area contributed by atoms with Gasteiger partial charge in [-0.25, -0.2) is 9.78 Å². The molecule has 9 heteroatoms. The van der Waals surface area contributed by atoms with Crippen LogP contribution in [0.1, 0.15) is 74.3 Å². The molecule has 37 heavy (non-hydrogen) atoms. The fourth-order valence-electron chi connectivity index (χ4n) is 5.04. The Kier molecular flexibility index (Phi) is 10.00. The maximum Gasteiger partial charge on any atom is 0.328 e. The minimum atomic E-state index is -0.914. The lowest BCUT2D eigenvalue weighted by molar-refractivity contribution is -0.143. The smallest absolute Gasteiger partial charge is 0.328 e. The monoisotopic (exact) mass is 514 g/mol. The second kappa shape index (κ2) is 13.2. The topological polar surface area (TPSA) is 127 Å². The zero-order valence-electron chi connectivity index (χ0n) is 22.1. The second-order valence-electron chi connectivity index (χ2n) is 9.41. The molecule has 1 atom stereocenters. The lowest BCUT2D eigenvalue weighted by atomic mass is 9.84. The predicted octanol–water partition coefficient (Wildman–Crippen LogP) is 4.76. The summed E-state index contributed by atoms with van der Waals surface area (Å²) >= 11 is 0. The van der Waals surface area contributed by atoms with Crippen LogP contribution in [-0.4, -0.2) is 54.4 Å². The van der Waals surface area contributed by atoms with Crippen molar-refractivity contribution in [2.75, 3.05) is 21.3 Å². The molecule has 202 valence electrons. The largest absolute Gasteiger partial charge is 0.506 e. The molecule has 1 aromatic carbocycles. The zero-order valence-corrected chi connectivity index (χ0v) is 22.1. The van der Waals surface area contributed by atoms with Crippen molar-refractivity contribution in [1.29, 1.82) is 0 Å². The SMILES string of the molecule is CCCCc1nc(O)c(C(=O)N[C@@H](CC2CCCCC2)C(=O)OC)c(O)c1-c1c(OC)cccc1OC. The van der Waals surface area contributed by atoms with Gasteiger partial charge in [-0.05, 0) is 37.3 Å². The van der Waals surface area contributed by atoms with Crippen LogP contribution in [0.2, 0.25) is 0 Å². The van der Waals surface area contributed by atoms with Crippen molar-refractivity contribution >= 4 is 11.9 Å². The quantitative estimate of drug-likeness (QED) is 0.366. The number of carbonyl (C=O) groups excluding carboxylic acids is 2. The van der Waals surface area contributed by atoms with Gasteiger partial charge in [0.25, 0.3) is 5.91 Å². The summed E-state index contributed by atoms with van der Waals surface area (Å²) in [5, 5.41) is 24.9. The molecule has 0 spiro atoms. The van der Waals surface area contributed by atoms with Gasteiger partial charge < -0.3 is 29.7 Å². The Morgan fingerprint density at radius 2 is 1.70 bits per heavy atom. The molecule has 2 aromatic rings. The summed E-state index contributed by atoms with van der Waals surface area (Å²) in [5.74, 6) is -1.35. The Labute approximate surface area is 218 Å². The van der Waals surface area contributed by atoms with E-state index in [-0.39, 0.29) is 11.5 Å². The number of unbranched alkanes of at least 4 members (excludes halogenated alkanes) is 1. The molecule has 1 aliphatic rings.